The number of aromatic nitrogens is 1. The monoisotopic (exact) mass is 360 g/mol. The molecule has 0 bridgehead atoms. The second-order valence-electron chi connectivity index (χ2n) is 7.47. The van der Waals surface area contributed by atoms with E-state index in [9.17, 15) is 4.79 Å². The number of methoxy groups -OCH3 is 2. The quantitative estimate of drug-likeness (QED) is 0.856. The van der Waals surface area contributed by atoms with Crippen LogP contribution in [-0.2, 0) is 4.79 Å². The number of hydrogen-bond acceptors (Lipinski definition) is 5. The number of benzene rings is 1. The number of carbonyl (C=O) groups excluding carboxylic acids is 1. The van der Waals surface area contributed by atoms with E-state index in [2.05, 4.69) is 38.0 Å². The topological polar surface area (TPSA) is 60.5 Å². The van der Waals surface area contributed by atoms with Gasteiger partial charge in [-0.05, 0) is 29.0 Å². The number of rotatable bonds is 5. The van der Waals surface area contributed by atoms with Gasteiger partial charge >= 0.3 is 0 Å². The highest BCUT2D eigenvalue weighted by molar-refractivity contribution is 7.14. The van der Waals surface area contributed by atoms with Gasteiger partial charge < -0.3 is 14.8 Å². The van der Waals surface area contributed by atoms with Crippen molar-refractivity contribution < 1.29 is 14.3 Å². The molecule has 3 rings (SSSR count). The summed E-state index contributed by atoms with van der Waals surface area (Å²) < 4.78 is 10.6. The summed E-state index contributed by atoms with van der Waals surface area (Å²) in [6.07, 6.45) is 0. The average molecular weight is 360 g/mol. The average Bonchev–Trinajstić information content (AvgIpc) is 2.89. The molecular weight excluding hydrogens is 336 g/mol. The fourth-order valence-corrected chi connectivity index (χ4v) is 4.21. The van der Waals surface area contributed by atoms with E-state index in [1.807, 2.05) is 23.6 Å². The summed E-state index contributed by atoms with van der Waals surface area (Å²) in [6, 6.07) is 5.66. The number of thiazole rings is 1. The molecule has 1 fully saturated rings. The molecule has 0 atom stereocenters. The van der Waals surface area contributed by atoms with E-state index in [1.165, 1.54) is 11.3 Å². The van der Waals surface area contributed by atoms with Crippen LogP contribution in [0.3, 0.4) is 0 Å². The van der Waals surface area contributed by atoms with Crippen LogP contribution in [0, 0.1) is 16.7 Å². The third kappa shape index (κ3) is 2.88. The molecule has 1 aliphatic rings. The van der Waals surface area contributed by atoms with Gasteiger partial charge in [0.05, 0.1) is 19.9 Å². The van der Waals surface area contributed by atoms with Gasteiger partial charge in [0.15, 0.2) is 16.6 Å². The zero-order chi connectivity index (χ0) is 18.4. The molecule has 6 heteroatoms. The van der Waals surface area contributed by atoms with Gasteiger partial charge in [0.1, 0.15) is 0 Å². The van der Waals surface area contributed by atoms with Crippen molar-refractivity contribution in [1.29, 1.82) is 0 Å². The minimum absolute atomic E-state index is 0.00781. The minimum Gasteiger partial charge on any atom is -0.493 e. The molecule has 1 N–H and O–H groups in total. The lowest BCUT2D eigenvalue weighted by Crippen LogP contribution is -2.17. The van der Waals surface area contributed by atoms with Crippen molar-refractivity contribution in [3.63, 3.8) is 0 Å². The van der Waals surface area contributed by atoms with Crippen molar-refractivity contribution >= 4 is 22.4 Å². The van der Waals surface area contributed by atoms with Crippen molar-refractivity contribution in [2.75, 3.05) is 19.5 Å². The van der Waals surface area contributed by atoms with E-state index >= 15 is 0 Å². The summed E-state index contributed by atoms with van der Waals surface area (Å²) in [4.78, 5) is 17.1. The standard InChI is InChI=1S/C19H24N2O3S/c1-18(2)15(19(18,3)4)16(22)21-17-20-12(10-25-17)11-7-8-13(23-5)14(9-11)24-6/h7-10,15H,1-6H3,(H,20,21,22). The zero-order valence-corrected chi connectivity index (χ0v) is 16.3. The van der Waals surface area contributed by atoms with E-state index in [0.29, 0.717) is 16.6 Å². The molecule has 2 aromatic rings. The van der Waals surface area contributed by atoms with Crippen LogP contribution in [0.1, 0.15) is 27.7 Å². The smallest absolute Gasteiger partial charge is 0.230 e. The SMILES string of the molecule is COc1ccc(-c2csc(NC(=O)C3C(C)(C)C3(C)C)n2)cc1OC. The molecule has 0 spiro atoms. The molecule has 1 aliphatic carbocycles. The Bertz CT molecular complexity index is 797. The van der Waals surface area contributed by atoms with Gasteiger partial charge in [0, 0.05) is 16.9 Å². The first-order chi connectivity index (χ1) is 11.7. The van der Waals surface area contributed by atoms with Gasteiger partial charge in [-0.3, -0.25) is 4.79 Å². The number of anilines is 1. The Balaban J connectivity index is 1.76. The van der Waals surface area contributed by atoms with Crippen molar-refractivity contribution in [3.8, 4) is 22.8 Å². The number of amides is 1. The fraction of sp³-hybridized carbons (Fsp3) is 0.474. The first kappa shape index (κ1) is 17.7. The summed E-state index contributed by atoms with van der Waals surface area (Å²) in [6.45, 7) is 8.53. The Labute approximate surface area is 152 Å². The molecule has 0 unspecified atom stereocenters. The highest BCUT2D eigenvalue weighted by Gasteiger charge is 2.68. The Kier molecular flexibility index (Phi) is 4.27. The van der Waals surface area contributed by atoms with Crippen LogP contribution in [0.2, 0.25) is 0 Å². The lowest BCUT2D eigenvalue weighted by Gasteiger charge is -2.08. The van der Waals surface area contributed by atoms with Gasteiger partial charge in [-0.25, -0.2) is 4.98 Å². The highest BCUT2D eigenvalue weighted by atomic mass is 32.1. The van der Waals surface area contributed by atoms with Crippen LogP contribution in [0.15, 0.2) is 23.6 Å². The van der Waals surface area contributed by atoms with Gasteiger partial charge in [0.25, 0.3) is 0 Å². The number of nitrogens with zero attached hydrogens (tertiary/aromatic N) is 1. The molecule has 1 saturated carbocycles. The van der Waals surface area contributed by atoms with E-state index in [4.69, 9.17) is 9.47 Å². The van der Waals surface area contributed by atoms with E-state index in [1.54, 1.807) is 14.2 Å². The first-order valence-corrected chi connectivity index (χ1v) is 9.09. The predicted molar refractivity (Wildman–Crippen MR) is 100 cm³/mol. The van der Waals surface area contributed by atoms with Crippen LogP contribution in [-0.4, -0.2) is 25.1 Å². The molecule has 1 aromatic heterocycles. The molecule has 0 saturated heterocycles. The molecule has 25 heavy (non-hydrogen) atoms. The third-order valence-electron chi connectivity index (χ3n) is 5.70. The maximum atomic E-state index is 12.6. The van der Waals surface area contributed by atoms with Crippen molar-refractivity contribution in [2.45, 2.75) is 27.7 Å². The van der Waals surface area contributed by atoms with Gasteiger partial charge in [-0.1, -0.05) is 27.7 Å². The molecule has 1 amide bonds. The second-order valence-corrected chi connectivity index (χ2v) is 8.33. The normalized spacial score (nSPS) is 17.8. The number of carbonyl (C=O) groups is 1. The van der Waals surface area contributed by atoms with Crippen molar-refractivity contribution in [2.24, 2.45) is 16.7 Å². The van der Waals surface area contributed by atoms with E-state index < -0.39 is 0 Å². The fourth-order valence-electron chi connectivity index (χ4n) is 3.49. The van der Waals surface area contributed by atoms with Crippen LogP contribution < -0.4 is 14.8 Å². The lowest BCUT2D eigenvalue weighted by atomic mass is 10.0. The molecule has 1 heterocycles. The van der Waals surface area contributed by atoms with Gasteiger partial charge in [-0.2, -0.15) is 0 Å². The van der Waals surface area contributed by atoms with E-state index in [-0.39, 0.29) is 22.7 Å². The number of hydrogen-bond donors (Lipinski definition) is 1. The summed E-state index contributed by atoms with van der Waals surface area (Å²) in [7, 11) is 3.21. The lowest BCUT2D eigenvalue weighted by molar-refractivity contribution is -0.118. The van der Waals surface area contributed by atoms with Crippen LogP contribution in [0.25, 0.3) is 11.3 Å². The van der Waals surface area contributed by atoms with Gasteiger partial charge in [0.2, 0.25) is 5.91 Å². The molecular formula is C19H24N2O3S. The maximum absolute atomic E-state index is 12.6. The Hall–Kier alpha value is -2.08. The molecule has 0 aliphatic heterocycles. The predicted octanol–water partition coefficient (Wildman–Crippen LogP) is 4.45. The molecule has 5 nitrogen and oxygen atoms in total. The second kappa shape index (κ2) is 6.02. The summed E-state index contributed by atoms with van der Waals surface area (Å²) in [5, 5.41) is 5.52. The minimum atomic E-state index is 0.00781. The van der Waals surface area contributed by atoms with Gasteiger partial charge in [-0.15, -0.1) is 11.3 Å². The molecule has 1 aromatic carbocycles. The zero-order valence-electron chi connectivity index (χ0n) is 15.5. The van der Waals surface area contributed by atoms with Crippen LogP contribution in [0.5, 0.6) is 11.5 Å². The summed E-state index contributed by atoms with van der Waals surface area (Å²) in [5.41, 5.74) is 1.75. The maximum Gasteiger partial charge on any atom is 0.230 e. The Morgan fingerprint density at radius 1 is 1.12 bits per heavy atom. The van der Waals surface area contributed by atoms with Crippen molar-refractivity contribution in [1.82, 2.24) is 4.98 Å². The summed E-state index contributed by atoms with van der Waals surface area (Å²) >= 11 is 1.43. The molecule has 134 valence electrons. The largest absolute Gasteiger partial charge is 0.493 e. The highest BCUT2D eigenvalue weighted by Crippen LogP contribution is 2.68. The number of nitrogens with one attached hydrogen (secondary N) is 1. The van der Waals surface area contributed by atoms with Crippen LogP contribution >= 0.6 is 11.3 Å². The van der Waals surface area contributed by atoms with E-state index in [0.717, 1.165) is 11.3 Å². The third-order valence-corrected chi connectivity index (χ3v) is 6.45. The molecule has 0 radical (unpaired) electrons. The van der Waals surface area contributed by atoms with Crippen LogP contribution in [0.4, 0.5) is 5.13 Å². The Morgan fingerprint density at radius 3 is 2.32 bits per heavy atom. The first-order valence-electron chi connectivity index (χ1n) is 8.21. The Morgan fingerprint density at radius 2 is 1.76 bits per heavy atom. The number of ether oxygens (including phenoxy) is 2. The van der Waals surface area contributed by atoms with Crippen molar-refractivity contribution in [3.05, 3.63) is 23.6 Å². The summed E-state index contributed by atoms with van der Waals surface area (Å²) in [5.74, 6) is 1.38.